The Kier molecular flexibility index (Phi) is 4.35. The van der Waals surface area contributed by atoms with E-state index >= 15 is 0 Å². The molecule has 98 valence electrons. The van der Waals surface area contributed by atoms with E-state index in [4.69, 9.17) is 9.84 Å². The van der Waals surface area contributed by atoms with Gasteiger partial charge < -0.3 is 9.84 Å². The van der Waals surface area contributed by atoms with Gasteiger partial charge in [0.05, 0.1) is 12.1 Å². The van der Waals surface area contributed by atoms with Crippen molar-refractivity contribution in [3.05, 3.63) is 47.9 Å². The maximum absolute atomic E-state index is 11.1. The van der Waals surface area contributed by atoms with E-state index in [0.717, 1.165) is 10.6 Å². The van der Waals surface area contributed by atoms with Crippen LogP contribution in [0.25, 0.3) is 0 Å². The summed E-state index contributed by atoms with van der Waals surface area (Å²) in [5.41, 5.74) is 1.07. The minimum absolute atomic E-state index is 0.170. The summed E-state index contributed by atoms with van der Waals surface area (Å²) in [4.78, 5) is 19.0. The van der Waals surface area contributed by atoms with Crippen LogP contribution in [-0.4, -0.2) is 28.2 Å². The van der Waals surface area contributed by atoms with Crippen molar-refractivity contribution in [1.82, 2.24) is 9.97 Å². The van der Waals surface area contributed by atoms with E-state index in [0.29, 0.717) is 11.5 Å². The van der Waals surface area contributed by atoms with Crippen molar-refractivity contribution in [3.63, 3.8) is 0 Å². The quantitative estimate of drug-likeness (QED) is 0.668. The number of nitrogens with zero attached hydrogens (tertiary/aromatic N) is 2. The maximum atomic E-state index is 11.1. The minimum Gasteiger partial charge on any atom is -0.496 e. The van der Waals surface area contributed by atoms with Crippen molar-refractivity contribution in [2.24, 2.45) is 0 Å². The Morgan fingerprint density at radius 1 is 1.42 bits per heavy atom. The molecule has 0 fully saturated rings. The van der Waals surface area contributed by atoms with Gasteiger partial charge in [-0.3, -0.25) is 0 Å². The molecular formula is C13H12N2O3S. The van der Waals surface area contributed by atoms with Crippen LogP contribution in [0.15, 0.2) is 41.8 Å². The summed E-state index contributed by atoms with van der Waals surface area (Å²) in [6.07, 6.45) is 3.16. The first-order valence-electron chi connectivity index (χ1n) is 5.49. The second-order valence-corrected chi connectivity index (χ2v) is 4.67. The molecule has 19 heavy (non-hydrogen) atoms. The van der Waals surface area contributed by atoms with Gasteiger partial charge in [-0.2, -0.15) is 0 Å². The predicted molar refractivity (Wildman–Crippen MR) is 71.5 cm³/mol. The molecule has 0 saturated carbocycles. The van der Waals surface area contributed by atoms with Gasteiger partial charge in [-0.1, -0.05) is 6.07 Å². The van der Waals surface area contributed by atoms with Crippen LogP contribution >= 0.6 is 11.8 Å². The largest absolute Gasteiger partial charge is 0.496 e. The minimum atomic E-state index is -0.995. The Bertz CT molecular complexity index is 575. The third-order valence-corrected chi connectivity index (χ3v) is 3.45. The third-order valence-electron chi connectivity index (χ3n) is 2.44. The molecule has 6 heteroatoms. The van der Waals surface area contributed by atoms with Gasteiger partial charge in [0.15, 0.2) is 0 Å². The Balaban J connectivity index is 2.13. The highest BCUT2D eigenvalue weighted by Crippen LogP contribution is 2.25. The molecule has 0 bridgehead atoms. The number of thioether (sulfide) groups is 1. The number of carboxylic acid groups (broad SMARTS) is 1. The summed E-state index contributed by atoms with van der Waals surface area (Å²) in [7, 11) is 1.46. The average molecular weight is 276 g/mol. The lowest BCUT2D eigenvalue weighted by atomic mass is 10.1. The molecule has 1 aromatic heterocycles. The molecule has 1 N–H and O–H groups in total. The number of benzene rings is 1. The first-order valence-corrected chi connectivity index (χ1v) is 6.48. The van der Waals surface area contributed by atoms with Gasteiger partial charge >= 0.3 is 5.97 Å². The molecule has 2 rings (SSSR count). The van der Waals surface area contributed by atoms with Gasteiger partial charge in [0, 0.05) is 11.9 Å². The second kappa shape index (κ2) is 6.19. The Labute approximate surface area is 114 Å². The normalized spacial score (nSPS) is 10.2. The number of carbonyl (C=O) groups is 1. The van der Waals surface area contributed by atoms with Gasteiger partial charge in [0.2, 0.25) is 0 Å². The molecule has 0 radical (unpaired) electrons. The van der Waals surface area contributed by atoms with E-state index < -0.39 is 5.97 Å². The molecule has 1 heterocycles. The molecule has 1 aromatic carbocycles. The molecule has 0 amide bonds. The standard InChI is InChI=1S/C13H12N2O3S/c1-18-11-3-2-9(6-10(11)13(16)17)7-19-12-4-5-14-8-15-12/h2-6,8H,7H2,1H3,(H,16,17). The SMILES string of the molecule is COc1ccc(CSc2ccncn2)cc1C(=O)O. The molecule has 0 aliphatic rings. The Morgan fingerprint density at radius 3 is 2.89 bits per heavy atom. The van der Waals surface area contributed by atoms with Gasteiger partial charge in [-0.25, -0.2) is 14.8 Å². The summed E-state index contributed by atoms with van der Waals surface area (Å²) >= 11 is 1.52. The lowest BCUT2D eigenvalue weighted by Crippen LogP contribution is -2.01. The molecule has 0 spiro atoms. The van der Waals surface area contributed by atoms with Gasteiger partial charge in [-0.15, -0.1) is 11.8 Å². The first kappa shape index (κ1) is 13.4. The van der Waals surface area contributed by atoms with E-state index in [1.54, 1.807) is 18.3 Å². The number of methoxy groups -OCH3 is 1. The summed E-state index contributed by atoms with van der Waals surface area (Å²) in [5, 5.41) is 9.95. The maximum Gasteiger partial charge on any atom is 0.339 e. The van der Waals surface area contributed by atoms with Crippen molar-refractivity contribution < 1.29 is 14.6 Å². The highest BCUT2D eigenvalue weighted by atomic mass is 32.2. The molecule has 0 aliphatic carbocycles. The zero-order chi connectivity index (χ0) is 13.7. The summed E-state index contributed by atoms with van der Waals surface area (Å²) in [6, 6.07) is 6.94. The van der Waals surface area contributed by atoms with Gasteiger partial charge in [0.1, 0.15) is 17.6 Å². The van der Waals surface area contributed by atoms with Gasteiger partial charge in [-0.05, 0) is 23.8 Å². The van der Waals surface area contributed by atoms with Crippen LogP contribution in [0.5, 0.6) is 5.75 Å². The molecule has 0 aliphatic heterocycles. The van der Waals surface area contributed by atoms with Crippen LogP contribution in [0.1, 0.15) is 15.9 Å². The molecular weight excluding hydrogens is 264 g/mol. The lowest BCUT2D eigenvalue weighted by molar-refractivity contribution is 0.0693. The van der Waals surface area contributed by atoms with E-state index in [-0.39, 0.29) is 5.56 Å². The molecule has 0 saturated heterocycles. The van der Waals surface area contributed by atoms with E-state index in [9.17, 15) is 4.79 Å². The van der Waals surface area contributed by atoms with Crippen LogP contribution in [0, 0.1) is 0 Å². The fourth-order valence-electron chi connectivity index (χ4n) is 1.53. The van der Waals surface area contributed by atoms with E-state index in [1.807, 2.05) is 12.1 Å². The smallest absolute Gasteiger partial charge is 0.339 e. The Morgan fingerprint density at radius 2 is 2.26 bits per heavy atom. The summed E-state index contributed by atoms with van der Waals surface area (Å²) in [6.45, 7) is 0. The first-order chi connectivity index (χ1) is 9.20. The zero-order valence-electron chi connectivity index (χ0n) is 10.2. The van der Waals surface area contributed by atoms with Crippen LogP contribution in [0.2, 0.25) is 0 Å². The van der Waals surface area contributed by atoms with Gasteiger partial charge in [0.25, 0.3) is 0 Å². The fraction of sp³-hybridized carbons (Fsp3) is 0.154. The van der Waals surface area contributed by atoms with Crippen molar-refractivity contribution >= 4 is 17.7 Å². The fourth-order valence-corrected chi connectivity index (χ4v) is 2.31. The van der Waals surface area contributed by atoms with Crippen molar-refractivity contribution in [3.8, 4) is 5.75 Å². The molecule has 5 nitrogen and oxygen atoms in total. The number of carboxylic acids is 1. The van der Waals surface area contributed by atoms with Crippen molar-refractivity contribution in [2.75, 3.05) is 7.11 Å². The van der Waals surface area contributed by atoms with E-state index in [2.05, 4.69) is 9.97 Å². The number of hydrogen-bond donors (Lipinski definition) is 1. The molecule has 0 atom stereocenters. The summed E-state index contributed by atoms with van der Waals surface area (Å²) in [5.74, 6) is 0.00963. The number of rotatable bonds is 5. The van der Waals surface area contributed by atoms with Crippen LogP contribution in [-0.2, 0) is 5.75 Å². The van der Waals surface area contributed by atoms with Crippen molar-refractivity contribution in [1.29, 1.82) is 0 Å². The monoisotopic (exact) mass is 276 g/mol. The topological polar surface area (TPSA) is 72.3 Å². The highest BCUT2D eigenvalue weighted by Gasteiger charge is 2.11. The number of ether oxygens (including phenoxy) is 1. The lowest BCUT2D eigenvalue weighted by Gasteiger charge is -2.07. The predicted octanol–water partition coefficient (Wildman–Crippen LogP) is 2.48. The molecule has 2 aromatic rings. The van der Waals surface area contributed by atoms with Crippen LogP contribution in [0.4, 0.5) is 0 Å². The highest BCUT2D eigenvalue weighted by molar-refractivity contribution is 7.98. The van der Waals surface area contributed by atoms with Crippen LogP contribution < -0.4 is 4.74 Å². The Hall–Kier alpha value is -2.08. The second-order valence-electron chi connectivity index (χ2n) is 3.68. The molecule has 0 unspecified atom stereocenters. The van der Waals surface area contributed by atoms with E-state index in [1.165, 1.54) is 25.2 Å². The third kappa shape index (κ3) is 3.45. The summed E-state index contributed by atoms with van der Waals surface area (Å²) < 4.78 is 5.02. The number of aromatic nitrogens is 2. The zero-order valence-corrected chi connectivity index (χ0v) is 11.1. The number of hydrogen-bond acceptors (Lipinski definition) is 5. The number of aromatic carboxylic acids is 1. The van der Waals surface area contributed by atoms with Crippen LogP contribution in [0.3, 0.4) is 0 Å². The van der Waals surface area contributed by atoms with Crippen molar-refractivity contribution in [2.45, 2.75) is 10.8 Å². The average Bonchev–Trinajstić information content (AvgIpc) is 2.46.